The lowest BCUT2D eigenvalue weighted by molar-refractivity contribution is -0.211. The van der Waals surface area contributed by atoms with Crippen molar-refractivity contribution in [1.82, 2.24) is 5.32 Å². The minimum atomic E-state index is -2.89. The van der Waals surface area contributed by atoms with E-state index >= 15 is 0 Å². The number of hydrogen-bond donors (Lipinski definition) is 3. The Morgan fingerprint density at radius 1 is 0.940 bits per heavy atom. The van der Waals surface area contributed by atoms with E-state index in [9.17, 15) is 24.6 Å². The Balaban J connectivity index is 1.25. The molecule has 8 bridgehead atoms. The fraction of sp³-hybridized carbons (Fsp3) is 0.527. The fourth-order valence-electron chi connectivity index (χ4n) is 10.0. The number of esters is 3. The fourth-order valence-corrected chi connectivity index (χ4v) is 10.0. The van der Waals surface area contributed by atoms with Crippen LogP contribution in [0.25, 0.3) is 0 Å². The largest absolute Gasteiger partial charge is 0.515 e. The second-order valence-electron chi connectivity index (χ2n) is 19.6. The van der Waals surface area contributed by atoms with Gasteiger partial charge < -0.3 is 29.7 Å². The van der Waals surface area contributed by atoms with Crippen LogP contribution in [-0.2, 0) is 28.6 Å². The zero-order valence-corrected chi connectivity index (χ0v) is 41.4. The number of nitrogens with zero attached hydrogens (tertiary/aromatic N) is 3. The van der Waals surface area contributed by atoms with Crippen LogP contribution in [0.3, 0.4) is 0 Å². The minimum Gasteiger partial charge on any atom is -0.515 e. The van der Waals surface area contributed by atoms with E-state index in [0.717, 1.165) is 54.8 Å². The van der Waals surface area contributed by atoms with Crippen LogP contribution in [-0.4, -0.2) is 64.8 Å². The van der Waals surface area contributed by atoms with Crippen LogP contribution in [0.1, 0.15) is 139 Å². The summed E-state index contributed by atoms with van der Waals surface area (Å²) < 4.78 is 16.5. The highest BCUT2D eigenvalue weighted by atomic mass is 16.7. The first-order valence-corrected chi connectivity index (χ1v) is 24.4. The molecule has 12 heteroatoms. The van der Waals surface area contributed by atoms with Gasteiger partial charge in [0.25, 0.3) is 0 Å². The Morgan fingerprint density at radius 3 is 2.27 bits per heavy atom. The van der Waals surface area contributed by atoms with Crippen LogP contribution in [0.15, 0.2) is 131 Å². The first-order valence-electron chi connectivity index (χ1n) is 24.4. The third-order valence-corrected chi connectivity index (χ3v) is 14.2. The summed E-state index contributed by atoms with van der Waals surface area (Å²) >= 11 is 0. The van der Waals surface area contributed by atoms with Gasteiger partial charge in [0.15, 0.2) is 0 Å². The Morgan fingerprint density at radius 2 is 1.63 bits per heavy atom. The van der Waals surface area contributed by atoms with Crippen molar-refractivity contribution < 1.29 is 38.8 Å². The van der Waals surface area contributed by atoms with E-state index < -0.39 is 29.6 Å². The van der Waals surface area contributed by atoms with E-state index in [1.165, 1.54) is 50.5 Å². The normalized spacial score (nSPS) is 24.0. The Bertz CT molecular complexity index is 2430. The monoisotopic (exact) mass is 917 g/mol. The van der Waals surface area contributed by atoms with Gasteiger partial charge in [0, 0.05) is 40.8 Å². The number of methoxy groups -OCH3 is 1. The standard InChI is InChI=1S/C55H72N4O8/c1-12-38-35(8)42-27-43-36(9)40(23-24-48(61)66-26-25-34(7)22-16-21-33(6)20-15-19-32(5)18-14-17-31(3)4)51(58-43)50-52-49(53(62)67-55(50,64)54(63)65-11)37(10)44(59-52)28-46-39(13-2)41(30-60)47(57-46)29-45(38)56-42/h12,25,27-33,36,40,58,60,64H,1,13-24,26H2,2-11H3/b34-25+,41-30-,43-27?,44-28?,45-29?,51-50?/t32-,33-,36+,40+,55?/m1/s1. The summed E-state index contributed by atoms with van der Waals surface area (Å²) in [6.07, 6.45) is 22.0. The molecule has 6 aliphatic rings. The molecule has 67 heavy (non-hydrogen) atoms. The highest BCUT2D eigenvalue weighted by Gasteiger charge is 2.58. The van der Waals surface area contributed by atoms with Crippen LogP contribution < -0.4 is 5.32 Å². The number of ether oxygens (including phenoxy) is 3. The number of carbonyl (C=O) groups is 3. The molecule has 12 nitrogen and oxygen atoms in total. The Kier molecular flexibility index (Phi) is 16.7. The predicted octanol–water partition coefficient (Wildman–Crippen LogP) is 11.2. The molecule has 0 aromatic carbocycles. The number of fused-ring (bicyclic) bond motifs is 5. The molecule has 6 heterocycles. The molecule has 3 N–H and O–H groups in total. The first kappa shape index (κ1) is 50.8. The average molecular weight is 917 g/mol. The van der Waals surface area contributed by atoms with Gasteiger partial charge in [-0.3, -0.25) is 4.79 Å². The highest BCUT2D eigenvalue weighted by molar-refractivity contribution is 6.33. The molecule has 0 aliphatic carbocycles. The maximum absolute atomic E-state index is 13.8. The molecule has 0 amide bonds. The van der Waals surface area contributed by atoms with E-state index in [1.54, 1.807) is 19.1 Å². The van der Waals surface area contributed by atoms with Crippen LogP contribution >= 0.6 is 0 Å². The number of aliphatic hydroxyl groups is 2. The summed E-state index contributed by atoms with van der Waals surface area (Å²) in [6, 6.07) is 0. The second kappa shape index (κ2) is 22.0. The molecular formula is C55H72N4O8. The lowest BCUT2D eigenvalue weighted by Crippen LogP contribution is -2.53. The molecule has 6 rings (SSSR count). The quantitative estimate of drug-likeness (QED) is 0.0466. The van der Waals surface area contributed by atoms with Gasteiger partial charge in [-0.1, -0.05) is 105 Å². The third kappa shape index (κ3) is 11.1. The van der Waals surface area contributed by atoms with Crippen molar-refractivity contribution in [2.45, 2.75) is 145 Å². The van der Waals surface area contributed by atoms with Gasteiger partial charge in [0.2, 0.25) is 0 Å². The minimum absolute atomic E-state index is 0.0272. The SMILES string of the molecule is C=CC1=C(C)C2=NC1=CC1=NC(=C(CC)/C1=C/O)C=C1N=C3C(=C1C)C(=O)OC(O)(C(=O)OC)C3=C1NC(=C2)[C@@H](C)[C@@H]1CCC(=O)OC/C=C(\C)CCC[C@H](C)CCC[C@H](C)CCCC(C)C. The molecule has 0 saturated carbocycles. The molecule has 1 unspecified atom stereocenters. The summed E-state index contributed by atoms with van der Waals surface area (Å²) in [7, 11) is 1.10. The maximum atomic E-state index is 13.8. The molecule has 0 radical (unpaired) electrons. The van der Waals surface area contributed by atoms with Crippen molar-refractivity contribution in [3.8, 4) is 0 Å². The highest BCUT2D eigenvalue weighted by Crippen LogP contribution is 2.47. The van der Waals surface area contributed by atoms with Gasteiger partial charge in [0.05, 0.1) is 58.7 Å². The van der Waals surface area contributed by atoms with Gasteiger partial charge in [-0.25, -0.2) is 24.6 Å². The third-order valence-electron chi connectivity index (χ3n) is 14.2. The van der Waals surface area contributed by atoms with Crippen molar-refractivity contribution >= 4 is 35.0 Å². The van der Waals surface area contributed by atoms with Crippen molar-refractivity contribution in [2.24, 2.45) is 44.6 Å². The molecule has 6 aliphatic heterocycles. The second-order valence-corrected chi connectivity index (χ2v) is 19.6. The molecule has 0 aromatic rings. The topological polar surface area (TPSA) is 168 Å². The van der Waals surface area contributed by atoms with E-state index in [-0.39, 0.29) is 42.2 Å². The van der Waals surface area contributed by atoms with Crippen LogP contribution in [0.5, 0.6) is 0 Å². The summed E-state index contributed by atoms with van der Waals surface area (Å²) in [5.74, 6) is -4.02. The number of hydrogen-bond acceptors (Lipinski definition) is 12. The van der Waals surface area contributed by atoms with Gasteiger partial charge in [-0.15, -0.1) is 0 Å². The van der Waals surface area contributed by atoms with Gasteiger partial charge in [-0.05, 0) is 105 Å². The number of allylic oxidation sites excluding steroid dienone is 11. The average Bonchev–Trinajstić information content (AvgIpc) is 3.98. The number of nitrogens with one attached hydrogen (secondary N) is 1. The molecule has 5 atom stereocenters. The predicted molar refractivity (Wildman–Crippen MR) is 265 cm³/mol. The summed E-state index contributed by atoms with van der Waals surface area (Å²) in [5, 5.41) is 26.2. The molecule has 2 saturated heterocycles. The molecule has 0 spiro atoms. The number of aliphatic hydroxyl groups excluding tert-OH is 1. The van der Waals surface area contributed by atoms with Crippen LogP contribution in [0.2, 0.25) is 0 Å². The van der Waals surface area contributed by atoms with Crippen molar-refractivity contribution in [2.75, 3.05) is 13.7 Å². The smallest absolute Gasteiger partial charge is 0.384 e. The maximum Gasteiger partial charge on any atom is 0.384 e. The molecule has 0 aromatic heterocycles. The van der Waals surface area contributed by atoms with Crippen molar-refractivity contribution in [3.63, 3.8) is 0 Å². The Labute approximate surface area is 397 Å². The zero-order chi connectivity index (χ0) is 48.7. The lowest BCUT2D eigenvalue weighted by atomic mass is 9.82. The van der Waals surface area contributed by atoms with Crippen molar-refractivity contribution in [3.05, 3.63) is 116 Å². The molecule has 360 valence electrons. The lowest BCUT2D eigenvalue weighted by Gasteiger charge is -2.34. The van der Waals surface area contributed by atoms with Crippen LogP contribution in [0.4, 0.5) is 0 Å². The van der Waals surface area contributed by atoms with E-state index in [4.69, 9.17) is 29.2 Å². The van der Waals surface area contributed by atoms with Gasteiger partial charge >= 0.3 is 23.7 Å². The van der Waals surface area contributed by atoms with E-state index in [2.05, 4.69) is 46.5 Å². The van der Waals surface area contributed by atoms with Gasteiger partial charge in [0.1, 0.15) is 6.61 Å². The first-order chi connectivity index (χ1) is 31.9. The van der Waals surface area contributed by atoms with Crippen LogP contribution in [0, 0.1) is 29.6 Å². The summed E-state index contributed by atoms with van der Waals surface area (Å²) in [6.45, 7) is 23.2. The molecule has 2 fully saturated rings. The van der Waals surface area contributed by atoms with E-state index in [1.807, 2.05) is 39.0 Å². The molecular weight excluding hydrogens is 845 g/mol. The van der Waals surface area contributed by atoms with Crippen molar-refractivity contribution in [1.29, 1.82) is 0 Å². The summed E-state index contributed by atoms with van der Waals surface area (Å²) in [4.78, 5) is 55.8. The van der Waals surface area contributed by atoms with E-state index in [0.29, 0.717) is 63.4 Å². The number of cyclic esters (lactones) is 1. The Hall–Kier alpha value is -5.62. The zero-order valence-electron chi connectivity index (χ0n) is 41.4. The number of aliphatic imine (C=N–C) groups is 3. The van der Waals surface area contributed by atoms with Gasteiger partial charge in [-0.2, -0.15) is 0 Å². The summed E-state index contributed by atoms with van der Waals surface area (Å²) in [5.41, 5.74) is 8.20. The number of rotatable bonds is 20. The number of carbonyl (C=O) groups excluding carboxylic acids is 3.